The van der Waals surface area contributed by atoms with Crippen LogP contribution in [-0.4, -0.2) is 40.9 Å². The van der Waals surface area contributed by atoms with Gasteiger partial charge in [0.2, 0.25) is 11.8 Å². The summed E-state index contributed by atoms with van der Waals surface area (Å²) in [5, 5.41) is 11.5. The van der Waals surface area contributed by atoms with E-state index in [-0.39, 0.29) is 36.5 Å². The minimum atomic E-state index is -0.920. The molecule has 3 atom stereocenters. The van der Waals surface area contributed by atoms with E-state index in [0.717, 1.165) is 0 Å². The number of likely N-dealkylation sites (tertiary alicyclic amines) is 1. The number of carboxylic acids is 1. The van der Waals surface area contributed by atoms with E-state index in [4.69, 9.17) is 5.11 Å². The van der Waals surface area contributed by atoms with Gasteiger partial charge < -0.3 is 15.3 Å². The molecule has 2 N–H and O–H groups in total. The Hall–Kier alpha value is -2.44. The number of nitrogens with one attached hydrogen (secondary N) is 1. The Balaban J connectivity index is 2.11. The number of carbonyl (C=O) groups excluding carboxylic acids is 2. The fraction of sp³-hybridized carbons (Fsp3) is 0.471. The molecule has 1 aliphatic heterocycles. The Morgan fingerprint density at radius 2 is 2.00 bits per heavy atom. The van der Waals surface area contributed by atoms with Crippen LogP contribution in [0.1, 0.15) is 37.8 Å². The second-order valence-electron chi connectivity index (χ2n) is 6.15. The topological polar surface area (TPSA) is 86.7 Å². The zero-order chi connectivity index (χ0) is 17.9. The molecule has 3 unspecified atom stereocenters. The largest absolute Gasteiger partial charge is 0.481 e. The van der Waals surface area contributed by atoms with Crippen molar-refractivity contribution in [2.45, 2.75) is 38.3 Å². The lowest BCUT2D eigenvalue weighted by Gasteiger charge is -2.26. The fourth-order valence-corrected chi connectivity index (χ4v) is 2.98. The van der Waals surface area contributed by atoms with Crippen LogP contribution < -0.4 is 5.32 Å². The maximum Gasteiger partial charge on any atom is 0.303 e. The molecule has 0 aliphatic carbocycles. The van der Waals surface area contributed by atoms with Crippen molar-refractivity contribution in [2.75, 3.05) is 7.05 Å². The highest BCUT2D eigenvalue weighted by molar-refractivity contribution is 5.90. The second-order valence-corrected chi connectivity index (χ2v) is 6.15. The Morgan fingerprint density at radius 1 is 1.38 bits per heavy atom. The molecule has 1 fully saturated rings. The molecular formula is C17H21FN2O4. The summed E-state index contributed by atoms with van der Waals surface area (Å²) in [5.41, 5.74) is 0.697. The third kappa shape index (κ3) is 4.10. The molecule has 24 heavy (non-hydrogen) atoms. The molecule has 6 nitrogen and oxygen atoms in total. The van der Waals surface area contributed by atoms with Crippen molar-refractivity contribution in [3.8, 4) is 0 Å². The molecule has 2 rings (SSSR count). The van der Waals surface area contributed by atoms with Crippen LogP contribution in [0.4, 0.5) is 4.39 Å². The van der Waals surface area contributed by atoms with Gasteiger partial charge in [-0.1, -0.05) is 12.1 Å². The number of carboxylic acid groups (broad SMARTS) is 1. The van der Waals surface area contributed by atoms with Crippen molar-refractivity contribution in [3.63, 3.8) is 0 Å². The standard InChI is InChI=1S/C17H21FN2O4/c1-10(3-8-15(22)23)19-17(24)13-9-14(21)20(2)16(13)11-4-6-12(18)7-5-11/h4-7,10,13,16H,3,8-9H2,1-2H3,(H,19,24)(H,22,23). The van der Waals surface area contributed by atoms with Crippen molar-refractivity contribution in [1.29, 1.82) is 0 Å². The maximum absolute atomic E-state index is 13.1. The number of aliphatic carboxylic acids is 1. The van der Waals surface area contributed by atoms with Crippen LogP contribution in [0, 0.1) is 11.7 Å². The summed E-state index contributed by atoms with van der Waals surface area (Å²) in [6, 6.07) is 4.99. The van der Waals surface area contributed by atoms with Gasteiger partial charge in [0.25, 0.3) is 0 Å². The smallest absolute Gasteiger partial charge is 0.303 e. The van der Waals surface area contributed by atoms with Gasteiger partial charge in [0.15, 0.2) is 0 Å². The molecule has 7 heteroatoms. The van der Waals surface area contributed by atoms with Gasteiger partial charge in [-0.2, -0.15) is 0 Å². The van der Waals surface area contributed by atoms with Crippen LogP contribution in [0.5, 0.6) is 0 Å². The van der Waals surface area contributed by atoms with Gasteiger partial charge >= 0.3 is 5.97 Å². The lowest BCUT2D eigenvalue weighted by Crippen LogP contribution is -2.39. The van der Waals surface area contributed by atoms with Crippen molar-refractivity contribution in [1.82, 2.24) is 10.2 Å². The highest BCUT2D eigenvalue weighted by atomic mass is 19.1. The van der Waals surface area contributed by atoms with Crippen molar-refractivity contribution in [3.05, 3.63) is 35.6 Å². The number of amides is 2. The summed E-state index contributed by atoms with van der Waals surface area (Å²) < 4.78 is 13.1. The van der Waals surface area contributed by atoms with Crippen LogP contribution >= 0.6 is 0 Å². The SMILES string of the molecule is CC(CCC(=O)O)NC(=O)C1CC(=O)N(C)C1c1ccc(F)cc1. The third-order valence-corrected chi connectivity index (χ3v) is 4.31. The first-order valence-electron chi connectivity index (χ1n) is 7.83. The molecule has 1 saturated heterocycles. The molecule has 0 radical (unpaired) electrons. The summed E-state index contributed by atoms with van der Waals surface area (Å²) in [6.07, 6.45) is 0.362. The molecule has 130 valence electrons. The van der Waals surface area contributed by atoms with E-state index >= 15 is 0 Å². The normalized spacial score (nSPS) is 21.6. The van der Waals surface area contributed by atoms with Gasteiger partial charge in [0, 0.05) is 25.9 Å². The van der Waals surface area contributed by atoms with E-state index in [9.17, 15) is 18.8 Å². The van der Waals surface area contributed by atoms with Gasteiger partial charge in [0.1, 0.15) is 5.82 Å². The van der Waals surface area contributed by atoms with E-state index in [1.165, 1.54) is 17.0 Å². The Labute approximate surface area is 139 Å². The molecular weight excluding hydrogens is 315 g/mol. The average Bonchev–Trinajstić information content (AvgIpc) is 2.82. The first kappa shape index (κ1) is 17.9. The van der Waals surface area contributed by atoms with Crippen LogP contribution in [0.3, 0.4) is 0 Å². The molecule has 0 saturated carbocycles. The fourth-order valence-electron chi connectivity index (χ4n) is 2.98. The van der Waals surface area contributed by atoms with E-state index < -0.39 is 17.9 Å². The van der Waals surface area contributed by atoms with Crippen LogP contribution in [0.2, 0.25) is 0 Å². The van der Waals surface area contributed by atoms with Crippen molar-refractivity contribution < 1.29 is 23.9 Å². The van der Waals surface area contributed by atoms with Gasteiger partial charge in [0.05, 0.1) is 12.0 Å². The lowest BCUT2D eigenvalue weighted by molar-refractivity contribution is -0.137. The highest BCUT2D eigenvalue weighted by Gasteiger charge is 2.42. The van der Waals surface area contributed by atoms with Crippen LogP contribution in [0.15, 0.2) is 24.3 Å². The second kappa shape index (κ2) is 7.42. The van der Waals surface area contributed by atoms with E-state index in [2.05, 4.69) is 5.32 Å². The number of benzene rings is 1. The monoisotopic (exact) mass is 336 g/mol. The van der Waals surface area contributed by atoms with Crippen molar-refractivity contribution >= 4 is 17.8 Å². The minimum absolute atomic E-state index is 0.0354. The predicted octanol–water partition coefficient (Wildman–Crippen LogP) is 1.71. The summed E-state index contributed by atoms with van der Waals surface area (Å²) in [7, 11) is 1.62. The van der Waals surface area contributed by atoms with E-state index in [0.29, 0.717) is 12.0 Å². The number of carbonyl (C=O) groups is 3. The molecule has 0 spiro atoms. The molecule has 0 bridgehead atoms. The van der Waals surface area contributed by atoms with Gasteiger partial charge in [-0.15, -0.1) is 0 Å². The first-order valence-corrected chi connectivity index (χ1v) is 7.83. The van der Waals surface area contributed by atoms with Crippen LogP contribution in [0.25, 0.3) is 0 Å². The van der Waals surface area contributed by atoms with E-state index in [1.54, 1.807) is 26.1 Å². The Bertz CT molecular complexity index is 632. The number of halogens is 1. The summed E-state index contributed by atoms with van der Waals surface area (Å²) >= 11 is 0. The molecule has 2 amide bonds. The maximum atomic E-state index is 13.1. The minimum Gasteiger partial charge on any atom is -0.481 e. The summed E-state index contributed by atoms with van der Waals surface area (Å²) in [4.78, 5) is 36.7. The molecule has 0 aromatic heterocycles. The summed E-state index contributed by atoms with van der Waals surface area (Å²) in [6.45, 7) is 1.73. The third-order valence-electron chi connectivity index (χ3n) is 4.31. The quantitative estimate of drug-likeness (QED) is 0.828. The predicted molar refractivity (Wildman–Crippen MR) is 84.5 cm³/mol. The lowest BCUT2D eigenvalue weighted by atomic mass is 9.92. The molecule has 1 aliphatic rings. The zero-order valence-corrected chi connectivity index (χ0v) is 13.7. The van der Waals surface area contributed by atoms with Crippen molar-refractivity contribution in [2.24, 2.45) is 5.92 Å². The first-order chi connectivity index (χ1) is 11.3. The Morgan fingerprint density at radius 3 is 2.58 bits per heavy atom. The summed E-state index contributed by atoms with van der Waals surface area (Å²) in [5.74, 6) is -2.33. The highest BCUT2D eigenvalue weighted by Crippen LogP contribution is 2.37. The average molecular weight is 336 g/mol. The molecule has 1 aromatic carbocycles. The van der Waals surface area contributed by atoms with E-state index in [1.807, 2.05) is 0 Å². The van der Waals surface area contributed by atoms with Crippen LogP contribution in [-0.2, 0) is 14.4 Å². The number of hydrogen-bond donors (Lipinski definition) is 2. The molecule has 1 heterocycles. The Kier molecular flexibility index (Phi) is 5.54. The molecule has 1 aromatic rings. The van der Waals surface area contributed by atoms with Gasteiger partial charge in [-0.05, 0) is 31.0 Å². The number of hydrogen-bond acceptors (Lipinski definition) is 3. The number of nitrogens with zero attached hydrogens (tertiary/aromatic N) is 1. The van der Waals surface area contributed by atoms with Gasteiger partial charge in [-0.3, -0.25) is 14.4 Å². The zero-order valence-electron chi connectivity index (χ0n) is 13.7. The number of rotatable bonds is 6. The van der Waals surface area contributed by atoms with Gasteiger partial charge in [-0.25, -0.2) is 4.39 Å².